The highest BCUT2D eigenvalue weighted by atomic mass is 16.5. The summed E-state index contributed by atoms with van der Waals surface area (Å²) in [5.41, 5.74) is 1.80. The molecule has 0 spiro atoms. The van der Waals surface area contributed by atoms with Gasteiger partial charge in [-0.15, -0.1) is 0 Å². The molecule has 1 aliphatic rings. The first-order valence-corrected chi connectivity index (χ1v) is 9.99. The fourth-order valence-electron chi connectivity index (χ4n) is 3.12. The summed E-state index contributed by atoms with van der Waals surface area (Å²) in [4.78, 5) is 33.2. The van der Waals surface area contributed by atoms with Crippen molar-refractivity contribution in [1.82, 2.24) is 25.0 Å². The maximum atomic E-state index is 9.10. The van der Waals surface area contributed by atoms with Crippen LogP contribution in [0.15, 0.2) is 41.3 Å². The highest BCUT2D eigenvalue weighted by Crippen LogP contribution is 2.31. The molecule has 2 N–H and O–H groups in total. The zero-order valence-electron chi connectivity index (χ0n) is 18.0. The van der Waals surface area contributed by atoms with E-state index in [0.717, 1.165) is 31.1 Å². The monoisotopic (exact) mass is 457 g/mol. The van der Waals surface area contributed by atoms with E-state index in [9.17, 15) is 0 Å². The number of carboxylic acid groups (broad SMARTS) is 2. The van der Waals surface area contributed by atoms with Crippen LogP contribution in [0.3, 0.4) is 0 Å². The molecule has 0 aliphatic carbocycles. The molecule has 1 aliphatic heterocycles. The molecule has 33 heavy (non-hydrogen) atoms. The third kappa shape index (κ3) is 6.23. The first kappa shape index (κ1) is 23.6. The van der Waals surface area contributed by atoms with Gasteiger partial charge in [0.1, 0.15) is 5.69 Å². The van der Waals surface area contributed by atoms with E-state index in [1.165, 1.54) is 5.56 Å². The van der Waals surface area contributed by atoms with Gasteiger partial charge >= 0.3 is 11.9 Å². The lowest BCUT2D eigenvalue weighted by Crippen LogP contribution is -2.44. The molecule has 12 nitrogen and oxygen atoms in total. The number of methoxy groups -OCH3 is 1. The minimum Gasteiger partial charge on any atom is -0.493 e. The quantitative estimate of drug-likeness (QED) is 0.495. The van der Waals surface area contributed by atoms with Crippen LogP contribution in [-0.4, -0.2) is 74.0 Å². The largest absolute Gasteiger partial charge is 0.493 e. The molecule has 4 rings (SSSR count). The van der Waals surface area contributed by atoms with Crippen LogP contribution < -0.4 is 9.47 Å². The number of carbonyl (C=O) groups is 2. The lowest BCUT2D eigenvalue weighted by Gasteiger charge is -2.37. The van der Waals surface area contributed by atoms with Crippen molar-refractivity contribution in [3.63, 3.8) is 0 Å². The van der Waals surface area contributed by atoms with Crippen molar-refractivity contribution >= 4 is 11.9 Å². The van der Waals surface area contributed by atoms with Crippen molar-refractivity contribution in [2.24, 2.45) is 0 Å². The summed E-state index contributed by atoms with van der Waals surface area (Å²) in [5.74, 6) is -0.744. The van der Waals surface area contributed by atoms with Gasteiger partial charge in [-0.3, -0.25) is 9.88 Å². The van der Waals surface area contributed by atoms with E-state index in [1.807, 2.05) is 19.1 Å². The fourth-order valence-corrected chi connectivity index (χ4v) is 3.12. The van der Waals surface area contributed by atoms with E-state index < -0.39 is 11.9 Å². The number of nitrogens with zero attached hydrogens (tertiary/aromatic N) is 5. The molecule has 0 saturated carbocycles. The number of hydrogen-bond acceptors (Lipinski definition) is 10. The topological polar surface area (TPSA) is 161 Å². The van der Waals surface area contributed by atoms with Crippen LogP contribution in [-0.2, 0) is 16.1 Å². The summed E-state index contributed by atoms with van der Waals surface area (Å²) in [5, 5.41) is 18.8. The van der Waals surface area contributed by atoms with Crippen LogP contribution >= 0.6 is 0 Å². The molecule has 1 fully saturated rings. The number of ether oxygens (including phenoxy) is 2. The predicted molar refractivity (Wildman–Crippen MR) is 113 cm³/mol. The van der Waals surface area contributed by atoms with Crippen LogP contribution in [0.1, 0.15) is 24.3 Å². The zero-order valence-corrected chi connectivity index (χ0v) is 18.0. The molecular formula is C21H23N5O7. The van der Waals surface area contributed by atoms with Crippen LogP contribution in [0.25, 0.3) is 11.5 Å². The number of hydrogen-bond donors (Lipinski definition) is 2. The molecular weight excluding hydrogens is 434 g/mol. The van der Waals surface area contributed by atoms with Gasteiger partial charge in [0.2, 0.25) is 11.7 Å². The lowest BCUT2D eigenvalue weighted by molar-refractivity contribution is -0.159. The van der Waals surface area contributed by atoms with Gasteiger partial charge in [0.15, 0.2) is 11.5 Å². The Kier molecular flexibility index (Phi) is 7.86. The van der Waals surface area contributed by atoms with Crippen LogP contribution in [0.2, 0.25) is 0 Å². The molecule has 0 amide bonds. The van der Waals surface area contributed by atoms with E-state index >= 15 is 0 Å². The van der Waals surface area contributed by atoms with Gasteiger partial charge in [-0.2, -0.15) is 4.98 Å². The van der Waals surface area contributed by atoms with E-state index in [-0.39, 0.29) is 5.92 Å². The van der Waals surface area contributed by atoms with Gasteiger partial charge in [-0.05, 0) is 24.6 Å². The summed E-state index contributed by atoms with van der Waals surface area (Å²) in [6.07, 6.45) is 4.85. The molecule has 0 unspecified atom stereocenters. The third-order valence-electron chi connectivity index (χ3n) is 4.66. The van der Waals surface area contributed by atoms with Gasteiger partial charge in [0.25, 0.3) is 0 Å². The summed E-state index contributed by atoms with van der Waals surface area (Å²) < 4.78 is 16.4. The number of carboxylic acids is 2. The molecule has 3 heterocycles. The van der Waals surface area contributed by atoms with Gasteiger partial charge in [0.05, 0.1) is 25.8 Å². The van der Waals surface area contributed by atoms with Gasteiger partial charge in [0, 0.05) is 32.0 Å². The van der Waals surface area contributed by atoms with E-state index in [2.05, 4.69) is 31.1 Å². The maximum absolute atomic E-state index is 9.10. The minimum atomic E-state index is -1.82. The van der Waals surface area contributed by atoms with E-state index in [1.54, 1.807) is 25.7 Å². The van der Waals surface area contributed by atoms with Gasteiger partial charge in [-0.25, -0.2) is 14.6 Å². The Balaban J connectivity index is 0.000000454. The average molecular weight is 457 g/mol. The van der Waals surface area contributed by atoms with Crippen molar-refractivity contribution in [1.29, 1.82) is 0 Å². The highest BCUT2D eigenvalue weighted by Gasteiger charge is 2.32. The first-order chi connectivity index (χ1) is 15.9. The minimum absolute atomic E-state index is 0.243. The molecule has 0 radical (unpaired) electrons. The Hall–Kier alpha value is -4.06. The molecule has 1 saturated heterocycles. The Labute approximate surface area is 188 Å². The second kappa shape index (κ2) is 11.0. The van der Waals surface area contributed by atoms with Gasteiger partial charge < -0.3 is 24.2 Å². The predicted octanol–water partition coefficient (Wildman–Crippen LogP) is 1.69. The lowest BCUT2D eigenvalue weighted by atomic mass is 9.99. The maximum Gasteiger partial charge on any atom is 0.414 e. The molecule has 2 aromatic heterocycles. The standard InChI is InChI=1S/C19H21N5O3.C2H2O4/c1-3-26-16-5-4-13(8-17(16)25-2)10-24-11-14(12-24)19-22-18(23-27-19)15-9-20-6-7-21-15;3-1(4)2(5)6/h4-9,14H,3,10-12H2,1-2H3;(H,3,4)(H,5,6). The average Bonchev–Trinajstić information content (AvgIpc) is 3.27. The molecule has 0 bridgehead atoms. The Morgan fingerprint density at radius 1 is 1.18 bits per heavy atom. The fraction of sp³-hybridized carbons (Fsp3) is 0.333. The molecule has 3 aromatic rings. The smallest absolute Gasteiger partial charge is 0.414 e. The molecule has 1 aromatic carbocycles. The molecule has 174 valence electrons. The number of aliphatic carboxylic acids is 2. The summed E-state index contributed by atoms with van der Waals surface area (Å²) >= 11 is 0. The molecule has 12 heteroatoms. The SMILES string of the molecule is CCOc1ccc(CN2CC(c3nc(-c4cnccn4)no3)C2)cc1OC.O=C(O)C(=O)O. The summed E-state index contributed by atoms with van der Waals surface area (Å²) in [6.45, 7) is 5.16. The van der Waals surface area contributed by atoms with E-state index in [4.69, 9.17) is 33.8 Å². The normalized spacial score (nSPS) is 13.4. The Morgan fingerprint density at radius 3 is 2.55 bits per heavy atom. The number of likely N-dealkylation sites (tertiary alicyclic amines) is 1. The van der Waals surface area contributed by atoms with Crippen molar-refractivity contribution < 1.29 is 33.8 Å². The number of aromatic nitrogens is 4. The number of rotatable bonds is 7. The third-order valence-corrected chi connectivity index (χ3v) is 4.66. The number of benzene rings is 1. The molecule has 0 atom stereocenters. The van der Waals surface area contributed by atoms with Crippen molar-refractivity contribution in [3.05, 3.63) is 48.2 Å². The second-order valence-corrected chi connectivity index (χ2v) is 6.97. The van der Waals surface area contributed by atoms with Crippen LogP contribution in [0.4, 0.5) is 0 Å². The zero-order chi connectivity index (χ0) is 23.8. The Morgan fingerprint density at radius 2 is 1.94 bits per heavy atom. The second-order valence-electron chi connectivity index (χ2n) is 6.97. The van der Waals surface area contributed by atoms with Crippen LogP contribution in [0, 0.1) is 0 Å². The van der Waals surface area contributed by atoms with E-state index in [0.29, 0.717) is 24.0 Å². The summed E-state index contributed by atoms with van der Waals surface area (Å²) in [6, 6.07) is 6.05. The highest BCUT2D eigenvalue weighted by molar-refractivity contribution is 6.27. The van der Waals surface area contributed by atoms with Crippen molar-refractivity contribution in [2.45, 2.75) is 19.4 Å². The van der Waals surface area contributed by atoms with Gasteiger partial charge in [-0.1, -0.05) is 11.2 Å². The first-order valence-electron chi connectivity index (χ1n) is 9.99. The van der Waals surface area contributed by atoms with Crippen molar-refractivity contribution in [3.8, 4) is 23.0 Å². The summed E-state index contributed by atoms with van der Waals surface area (Å²) in [7, 11) is 1.66. The Bertz CT molecular complexity index is 1070. The van der Waals surface area contributed by atoms with Crippen molar-refractivity contribution in [2.75, 3.05) is 26.8 Å². The van der Waals surface area contributed by atoms with Crippen LogP contribution in [0.5, 0.6) is 11.5 Å².